The van der Waals surface area contributed by atoms with E-state index in [0.717, 1.165) is 5.82 Å². The lowest BCUT2D eigenvalue weighted by Gasteiger charge is -2.12. The van der Waals surface area contributed by atoms with Crippen LogP contribution in [0.1, 0.15) is 5.56 Å². The molecule has 12 heavy (non-hydrogen) atoms. The van der Waals surface area contributed by atoms with Gasteiger partial charge in [-0.15, -0.1) is 0 Å². The summed E-state index contributed by atoms with van der Waals surface area (Å²) < 4.78 is 0. The van der Waals surface area contributed by atoms with E-state index in [0.29, 0.717) is 0 Å². The van der Waals surface area contributed by atoms with E-state index in [9.17, 15) is 0 Å². The smallest absolute Gasteiger partial charge is 0.109 e. The fraction of sp³-hybridized carbons (Fsp3) is 0.556. The Hall–Kier alpha value is -1.12. The molecule has 0 saturated heterocycles. The standard InChI is InChI=1S/C9H17N3/c1-7-6-8(11(2)3)10-9(7)12(4)5/h6,10H,1-5H3. The van der Waals surface area contributed by atoms with Crippen LogP contribution in [0.25, 0.3) is 0 Å². The molecule has 0 aliphatic carbocycles. The van der Waals surface area contributed by atoms with Crippen LogP contribution in [0.4, 0.5) is 11.6 Å². The Balaban J connectivity index is 3.00. The summed E-state index contributed by atoms with van der Waals surface area (Å²) in [7, 11) is 8.14. The number of hydrogen-bond acceptors (Lipinski definition) is 2. The van der Waals surface area contributed by atoms with E-state index in [4.69, 9.17) is 0 Å². The zero-order valence-corrected chi connectivity index (χ0v) is 8.47. The van der Waals surface area contributed by atoms with Crippen LogP contribution >= 0.6 is 0 Å². The number of rotatable bonds is 2. The zero-order chi connectivity index (χ0) is 9.30. The predicted octanol–water partition coefficient (Wildman–Crippen LogP) is 1.46. The first-order chi connectivity index (χ1) is 5.52. The third-order valence-electron chi connectivity index (χ3n) is 1.90. The van der Waals surface area contributed by atoms with E-state index in [2.05, 4.69) is 27.8 Å². The summed E-state index contributed by atoms with van der Waals surface area (Å²) in [6, 6.07) is 2.15. The molecule has 0 aliphatic rings. The van der Waals surface area contributed by atoms with Crippen LogP contribution in [0.3, 0.4) is 0 Å². The number of aromatic amines is 1. The van der Waals surface area contributed by atoms with Crippen molar-refractivity contribution in [2.24, 2.45) is 0 Å². The lowest BCUT2D eigenvalue weighted by molar-refractivity contribution is 1.04. The third kappa shape index (κ3) is 1.55. The molecule has 0 fully saturated rings. The molecular formula is C9H17N3. The summed E-state index contributed by atoms with van der Waals surface area (Å²) in [5, 5.41) is 0. The van der Waals surface area contributed by atoms with Gasteiger partial charge in [-0.3, -0.25) is 0 Å². The number of H-pyrrole nitrogens is 1. The summed E-state index contributed by atoms with van der Waals surface area (Å²) >= 11 is 0. The molecule has 0 bridgehead atoms. The monoisotopic (exact) mass is 167 g/mol. The Morgan fingerprint density at radius 2 is 1.67 bits per heavy atom. The highest BCUT2D eigenvalue weighted by Crippen LogP contribution is 2.22. The lowest BCUT2D eigenvalue weighted by atomic mass is 10.3. The Morgan fingerprint density at radius 3 is 1.92 bits per heavy atom. The van der Waals surface area contributed by atoms with Gasteiger partial charge in [0, 0.05) is 28.2 Å². The van der Waals surface area contributed by atoms with Crippen LogP contribution in [0.15, 0.2) is 6.07 Å². The van der Waals surface area contributed by atoms with Gasteiger partial charge in [0.1, 0.15) is 11.6 Å². The SMILES string of the molecule is Cc1cc(N(C)C)[nH]c1N(C)C. The van der Waals surface area contributed by atoms with Crippen LogP contribution in [-0.2, 0) is 0 Å². The van der Waals surface area contributed by atoms with E-state index in [1.54, 1.807) is 0 Å². The summed E-state index contributed by atoms with van der Waals surface area (Å²) in [6.07, 6.45) is 0. The van der Waals surface area contributed by atoms with Gasteiger partial charge in [-0.1, -0.05) is 0 Å². The van der Waals surface area contributed by atoms with Crippen LogP contribution in [0, 0.1) is 6.92 Å². The molecule has 1 rings (SSSR count). The fourth-order valence-electron chi connectivity index (χ4n) is 1.23. The summed E-state index contributed by atoms with van der Waals surface area (Å²) in [5.74, 6) is 2.33. The minimum atomic E-state index is 1.15. The van der Waals surface area contributed by atoms with Gasteiger partial charge >= 0.3 is 0 Å². The van der Waals surface area contributed by atoms with Crippen LogP contribution in [-0.4, -0.2) is 33.2 Å². The Morgan fingerprint density at radius 1 is 1.08 bits per heavy atom. The Bertz CT molecular complexity index is 261. The fourth-order valence-corrected chi connectivity index (χ4v) is 1.23. The predicted molar refractivity (Wildman–Crippen MR) is 54.2 cm³/mol. The largest absolute Gasteiger partial charge is 0.364 e. The van der Waals surface area contributed by atoms with Crippen molar-refractivity contribution >= 4 is 11.6 Å². The molecule has 0 amide bonds. The van der Waals surface area contributed by atoms with Crippen molar-refractivity contribution in [3.05, 3.63) is 11.6 Å². The molecule has 0 unspecified atom stereocenters. The summed E-state index contributed by atoms with van der Waals surface area (Å²) in [5.41, 5.74) is 1.28. The highest BCUT2D eigenvalue weighted by molar-refractivity contribution is 5.56. The second kappa shape index (κ2) is 3.09. The van der Waals surface area contributed by atoms with E-state index >= 15 is 0 Å². The Labute approximate surface area is 74.0 Å². The number of aryl methyl sites for hydroxylation is 1. The van der Waals surface area contributed by atoms with Crippen molar-refractivity contribution in [3.63, 3.8) is 0 Å². The average Bonchev–Trinajstić information content (AvgIpc) is 2.30. The number of aromatic nitrogens is 1. The topological polar surface area (TPSA) is 22.3 Å². The highest BCUT2D eigenvalue weighted by atomic mass is 15.2. The number of nitrogens with one attached hydrogen (secondary N) is 1. The lowest BCUT2D eigenvalue weighted by Crippen LogP contribution is -2.12. The van der Waals surface area contributed by atoms with Gasteiger partial charge in [-0.25, -0.2) is 0 Å². The number of hydrogen-bond donors (Lipinski definition) is 1. The first kappa shape index (κ1) is 8.97. The average molecular weight is 167 g/mol. The maximum atomic E-state index is 3.33. The molecule has 1 N–H and O–H groups in total. The van der Waals surface area contributed by atoms with E-state index in [1.165, 1.54) is 11.4 Å². The molecule has 1 aromatic heterocycles. The van der Waals surface area contributed by atoms with E-state index in [1.807, 2.05) is 28.2 Å². The van der Waals surface area contributed by atoms with Gasteiger partial charge in [0.2, 0.25) is 0 Å². The normalized spacial score (nSPS) is 10.1. The maximum absolute atomic E-state index is 3.33. The van der Waals surface area contributed by atoms with Gasteiger partial charge in [0.25, 0.3) is 0 Å². The quantitative estimate of drug-likeness (QED) is 0.720. The van der Waals surface area contributed by atoms with Gasteiger partial charge < -0.3 is 14.8 Å². The van der Waals surface area contributed by atoms with Gasteiger partial charge in [-0.2, -0.15) is 0 Å². The Kier molecular flexibility index (Phi) is 2.31. The van der Waals surface area contributed by atoms with Crippen LogP contribution in [0.5, 0.6) is 0 Å². The van der Waals surface area contributed by atoms with Crippen molar-refractivity contribution in [3.8, 4) is 0 Å². The molecule has 68 valence electrons. The zero-order valence-electron chi connectivity index (χ0n) is 8.47. The molecule has 1 aromatic rings. The molecule has 0 atom stereocenters. The van der Waals surface area contributed by atoms with Gasteiger partial charge in [-0.05, 0) is 18.6 Å². The molecule has 0 spiro atoms. The second-order valence-corrected chi connectivity index (χ2v) is 3.48. The van der Waals surface area contributed by atoms with Crippen LogP contribution in [0.2, 0.25) is 0 Å². The van der Waals surface area contributed by atoms with Crippen molar-refractivity contribution in [2.45, 2.75) is 6.92 Å². The van der Waals surface area contributed by atoms with Gasteiger partial charge in [0.15, 0.2) is 0 Å². The first-order valence-electron chi connectivity index (χ1n) is 4.06. The third-order valence-corrected chi connectivity index (χ3v) is 1.90. The number of anilines is 2. The summed E-state index contributed by atoms with van der Waals surface area (Å²) in [4.78, 5) is 7.49. The molecule has 0 aromatic carbocycles. The highest BCUT2D eigenvalue weighted by Gasteiger charge is 2.06. The maximum Gasteiger partial charge on any atom is 0.109 e. The van der Waals surface area contributed by atoms with E-state index in [-0.39, 0.29) is 0 Å². The molecule has 3 nitrogen and oxygen atoms in total. The molecule has 0 aliphatic heterocycles. The van der Waals surface area contributed by atoms with Crippen molar-refractivity contribution in [2.75, 3.05) is 38.0 Å². The van der Waals surface area contributed by atoms with Crippen molar-refractivity contribution in [1.29, 1.82) is 0 Å². The van der Waals surface area contributed by atoms with Gasteiger partial charge in [0.05, 0.1) is 0 Å². The van der Waals surface area contributed by atoms with Crippen molar-refractivity contribution < 1.29 is 0 Å². The van der Waals surface area contributed by atoms with Crippen LogP contribution < -0.4 is 9.80 Å². The molecular weight excluding hydrogens is 150 g/mol. The summed E-state index contributed by atoms with van der Waals surface area (Å²) in [6.45, 7) is 2.11. The second-order valence-electron chi connectivity index (χ2n) is 3.48. The molecule has 0 radical (unpaired) electrons. The minimum absolute atomic E-state index is 1.15. The number of nitrogens with zero attached hydrogens (tertiary/aromatic N) is 2. The first-order valence-corrected chi connectivity index (χ1v) is 4.06. The molecule has 3 heteroatoms. The van der Waals surface area contributed by atoms with E-state index < -0.39 is 0 Å². The molecule has 0 saturated carbocycles. The molecule has 1 heterocycles. The van der Waals surface area contributed by atoms with Crippen molar-refractivity contribution in [1.82, 2.24) is 4.98 Å². The minimum Gasteiger partial charge on any atom is -0.364 e.